The summed E-state index contributed by atoms with van der Waals surface area (Å²) in [5.74, 6) is 0. The zero-order chi connectivity index (χ0) is 9.14. The van der Waals surface area contributed by atoms with Crippen molar-refractivity contribution in [1.29, 1.82) is 0 Å². The van der Waals surface area contributed by atoms with Gasteiger partial charge in [-0.15, -0.1) is 0 Å². The van der Waals surface area contributed by atoms with Gasteiger partial charge in [0.2, 0.25) is 0 Å². The summed E-state index contributed by atoms with van der Waals surface area (Å²) in [4.78, 5) is 4.06. The Balaban J connectivity index is 3.09. The fraction of sp³-hybridized carbons (Fsp3) is 0.125. The van der Waals surface area contributed by atoms with Crippen molar-refractivity contribution >= 4 is 44.7 Å². The number of hydrogen-bond donors (Lipinski definition) is 0. The van der Waals surface area contributed by atoms with Crippen LogP contribution in [0.15, 0.2) is 18.8 Å². The van der Waals surface area contributed by atoms with Crippen LogP contribution in [0.5, 0.6) is 0 Å². The molecular weight excluding hydrogens is 261 g/mol. The summed E-state index contributed by atoms with van der Waals surface area (Å²) >= 11 is 14.8. The maximum Gasteiger partial charge on any atom is 0.0851 e. The maximum atomic E-state index is 5.87. The first-order valence-corrected chi connectivity index (χ1v) is 5.08. The van der Waals surface area contributed by atoms with E-state index in [1.165, 1.54) is 0 Å². The van der Waals surface area contributed by atoms with Crippen LogP contribution in [-0.2, 0) is 0 Å². The number of aromatic nitrogens is 1. The Kier molecular flexibility index (Phi) is 3.56. The second kappa shape index (κ2) is 4.26. The van der Waals surface area contributed by atoms with E-state index in [9.17, 15) is 0 Å². The highest BCUT2D eigenvalue weighted by Gasteiger charge is 2.04. The normalized spacial score (nSPS) is 9.92. The van der Waals surface area contributed by atoms with E-state index in [4.69, 9.17) is 23.2 Å². The average molecular weight is 267 g/mol. The first kappa shape index (κ1) is 10.0. The fourth-order valence-corrected chi connectivity index (χ4v) is 1.52. The highest BCUT2D eigenvalue weighted by molar-refractivity contribution is 9.09. The van der Waals surface area contributed by atoms with Crippen molar-refractivity contribution in [1.82, 2.24) is 4.98 Å². The van der Waals surface area contributed by atoms with Crippen LogP contribution in [0.2, 0.25) is 10.0 Å². The number of hydrogen-bond acceptors (Lipinski definition) is 1. The molecule has 0 saturated carbocycles. The van der Waals surface area contributed by atoms with Crippen molar-refractivity contribution in [2.75, 3.05) is 5.33 Å². The standard InChI is InChI=1S/C8H6BrCl2N/c1-5(3-9)8-7(11)2-6(10)4-12-8/h2,4H,1,3H2. The molecule has 1 aromatic rings. The molecule has 1 aromatic heterocycles. The summed E-state index contributed by atoms with van der Waals surface area (Å²) in [6, 6.07) is 1.65. The molecule has 0 fully saturated rings. The van der Waals surface area contributed by atoms with E-state index in [0.717, 1.165) is 5.57 Å². The van der Waals surface area contributed by atoms with Gasteiger partial charge in [-0.25, -0.2) is 0 Å². The largest absolute Gasteiger partial charge is 0.253 e. The minimum Gasteiger partial charge on any atom is -0.253 e. The van der Waals surface area contributed by atoms with E-state index >= 15 is 0 Å². The SMILES string of the molecule is C=C(CBr)c1ncc(Cl)cc1Cl. The van der Waals surface area contributed by atoms with Gasteiger partial charge in [0.15, 0.2) is 0 Å². The Morgan fingerprint density at radius 3 is 2.75 bits per heavy atom. The van der Waals surface area contributed by atoms with Gasteiger partial charge in [-0.2, -0.15) is 0 Å². The Hall–Kier alpha value is -0.0500. The lowest BCUT2D eigenvalue weighted by Crippen LogP contribution is -1.89. The van der Waals surface area contributed by atoms with E-state index in [2.05, 4.69) is 27.5 Å². The molecule has 0 aliphatic heterocycles. The van der Waals surface area contributed by atoms with E-state index in [1.54, 1.807) is 12.3 Å². The molecule has 1 nitrogen and oxygen atoms in total. The molecule has 1 rings (SSSR count). The van der Waals surface area contributed by atoms with Crippen LogP contribution < -0.4 is 0 Å². The Labute approximate surface area is 89.5 Å². The van der Waals surface area contributed by atoms with Crippen molar-refractivity contribution in [3.8, 4) is 0 Å². The van der Waals surface area contributed by atoms with Crippen LogP contribution in [0, 0.1) is 0 Å². The van der Waals surface area contributed by atoms with Gasteiger partial charge in [-0.3, -0.25) is 4.98 Å². The van der Waals surface area contributed by atoms with Crippen molar-refractivity contribution < 1.29 is 0 Å². The minimum atomic E-state index is 0.533. The molecule has 0 N–H and O–H groups in total. The zero-order valence-corrected chi connectivity index (χ0v) is 9.25. The number of nitrogens with zero attached hydrogens (tertiary/aromatic N) is 1. The fourth-order valence-electron chi connectivity index (χ4n) is 0.738. The van der Waals surface area contributed by atoms with Crippen molar-refractivity contribution in [3.63, 3.8) is 0 Å². The van der Waals surface area contributed by atoms with Crippen LogP contribution in [-0.4, -0.2) is 10.3 Å². The molecule has 0 aliphatic carbocycles. The second-order valence-corrected chi connectivity index (χ2v) is 3.63. The molecule has 0 saturated heterocycles. The molecule has 0 aromatic carbocycles. The van der Waals surface area contributed by atoms with Gasteiger partial charge in [0.1, 0.15) is 0 Å². The second-order valence-electron chi connectivity index (χ2n) is 2.22. The summed E-state index contributed by atoms with van der Waals surface area (Å²) in [6.07, 6.45) is 1.55. The first-order chi connectivity index (χ1) is 5.65. The van der Waals surface area contributed by atoms with Crippen molar-refractivity contribution in [2.24, 2.45) is 0 Å². The lowest BCUT2D eigenvalue weighted by Gasteiger charge is -2.02. The molecule has 0 atom stereocenters. The van der Waals surface area contributed by atoms with E-state index in [-0.39, 0.29) is 0 Å². The molecule has 64 valence electrons. The van der Waals surface area contributed by atoms with Crippen molar-refractivity contribution in [2.45, 2.75) is 0 Å². The summed E-state index contributed by atoms with van der Waals surface area (Å²) in [5, 5.41) is 1.72. The Morgan fingerprint density at radius 1 is 1.58 bits per heavy atom. The lowest BCUT2D eigenvalue weighted by atomic mass is 10.2. The van der Waals surface area contributed by atoms with Gasteiger partial charge in [0, 0.05) is 11.5 Å². The highest BCUT2D eigenvalue weighted by atomic mass is 79.9. The quantitative estimate of drug-likeness (QED) is 0.742. The number of rotatable bonds is 2. The molecule has 0 spiro atoms. The van der Waals surface area contributed by atoms with Crippen LogP contribution in [0.25, 0.3) is 5.57 Å². The summed E-state index contributed by atoms with van der Waals surface area (Å²) in [7, 11) is 0. The van der Waals surface area contributed by atoms with E-state index < -0.39 is 0 Å². The zero-order valence-electron chi connectivity index (χ0n) is 6.15. The molecule has 0 bridgehead atoms. The van der Waals surface area contributed by atoms with E-state index in [1.807, 2.05) is 0 Å². The van der Waals surface area contributed by atoms with Gasteiger partial charge in [0.25, 0.3) is 0 Å². The molecular formula is C8H6BrCl2N. The van der Waals surface area contributed by atoms with Gasteiger partial charge in [-0.1, -0.05) is 45.7 Å². The third kappa shape index (κ3) is 2.22. The third-order valence-electron chi connectivity index (χ3n) is 1.30. The average Bonchev–Trinajstić information content (AvgIpc) is 2.03. The Morgan fingerprint density at radius 2 is 2.25 bits per heavy atom. The van der Waals surface area contributed by atoms with Gasteiger partial charge >= 0.3 is 0 Å². The predicted octanol–water partition coefficient (Wildman–Crippen LogP) is 3.80. The topological polar surface area (TPSA) is 12.9 Å². The maximum absolute atomic E-state index is 5.87. The smallest absolute Gasteiger partial charge is 0.0851 e. The molecule has 12 heavy (non-hydrogen) atoms. The molecule has 0 aliphatic rings. The van der Waals surface area contributed by atoms with Crippen LogP contribution >= 0.6 is 39.1 Å². The summed E-state index contributed by atoms with van der Waals surface area (Å²) < 4.78 is 0. The Bertz CT molecular complexity index is 312. The van der Waals surface area contributed by atoms with Crippen LogP contribution in [0.1, 0.15) is 5.69 Å². The predicted molar refractivity (Wildman–Crippen MR) is 57.1 cm³/mol. The molecule has 4 heteroatoms. The van der Waals surface area contributed by atoms with E-state index in [0.29, 0.717) is 21.1 Å². The number of pyridine rings is 1. The third-order valence-corrected chi connectivity index (χ3v) is 2.48. The molecule has 1 heterocycles. The molecule has 0 amide bonds. The van der Waals surface area contributed by atoms with Gasteiger partial charge in [-0.05, 0) is 11.6 Å². The molecule has 0 radical (unpaired) electrons. The highest BCUT2D eigenvalue weighted by Crippen LogP contribution is 2.24. The summed E-state index contributed by atoms with van der Waals surface area (Å²) in [6.45, 7) is 3.80. The number of halogens is 3. The van der Waals surface area contributed by atoms with Gasteiger partial charge in [0.05, 0.1) is 15.7 Å². The number of alkyl halides is 1. The summed E-state index contributed by atoms with van der Waals surface area (Å²) in [5.41, 5.74) is 1.54. The number of allylic oxidation sites excluding steroid dienone is 1. The minimum absolute atomic E-state index is 0.533. The van der Waals surface area contributed by atoms with Crippen LogP contribution in [0.4, 0.5) is 0 Å². The monoisotopic (exact) mass is 265 g/mol. The first-order valence-electron chi connectivity index (χ1n) is 3.20. The van der Waals surface area contributed by atoms with Gasteiger partial charge < -0.3 is 0 Å². The lowest BCUT2D eigenvalue weighted by molar-refractivity contribution is 1.27. The van der Waals surface area contributed by atoms with Crippen molar-refractivity contribution in [3.05, 3.63) is 34.6 Å². The molecule has 0 unspecified atom stereocenters. The van der Waals surface area contributed by atoms with Crippen LogP contribution in [0.3, 0.4) is 0 Å².